The SMILES string of the molecule is CC[C@@H](C)[C@@H](C(=O)O[C@@H](C)C(=O)Nc1ccc(NC(C)=O)cc1)c1ccccc1. The number of benzene rings is 2. The minimum absolute atomic E-state index is 0.0847. The van der Waals surface area contributed by atoms with Crippen LogP contribution in [-0.2, 0) is 19.1 Å². The van der Waals surface area contributed by atoms with Gasteiger partial charge in [0.15, 0.2) is 6.10 Å². The summed E-state index contributed by atoms with van der Waals surface area (Å²) < 4.78 is 5.49. The number of hydrogen-bond donors (Lipinski definition) is 2. The summed E-state index contributed by atoms with van der Waals surface area (Å²) in [4.78, 5) is 36.3. The lowest BCUT2D eigenvalue weighted by Gasteiger charge is -2.24. The normalized spacial score (nSPS) is 13.7. The zero-order valence-electron chi connectivity index (χ0n) is 17.3. The van der Waals surface area contributed by atoms with E-state index in [4.69, 9.17) is 4.74 Å². The Morgan fingerprint density at radius 1 is 0.897 bits per heavy atom. The molecule has 0 aliphatic heterocycles. The number of hydrogen-bond acceptors (Lipinski definition) is 4. The van der Waals surface area contributed by atoms with Crippen LogP contribution in [0.1, 0.15) is 45.6 Å². The highest BCUT2D eigenvalue weighted by Gasteiger charge is 2.30. The van der Waals surface area contributed by atoms with Gasteiger partial charge in [0.25, 0.3) is 5.91 Å². The summed E-state index contributed by atoms with van der Waals surface area (Å²) in [6.45, 7) is 7.00. The highest BCUT2D eigenvalue weighted by atomic mass is 16.5. The lowest BCUT2D eigenvalue weighted by atomic mass is 9.85. The molecule has 3 atom stereocenters. The van der Waals surface area contributed by atoms with Crippen molar-refractivity contribution in [2.75, 3.05) is 10.6 Å². The fourth-order valence-corrected chi connectivity index (χ4v) is 2.98. The zero-order chi connectivity index (χ0) is 21.4. The number of esters is 1. The number of ether oxygens (including phenoxy) is 1. The lowest BCUT2D eigenvalue weighted by molar-refractivity contribution is -0.155. The van der Waals surface area contributed by atoms with Crippen LogP contribution in [-0.4, -0.2) is 23.9 Å². The Morgan fingerprint density at radius 2 is 1.45 bits per heavy atom. The molecule has 0 bridgehead atoms. The molecule has 0 spiro atoms. The van der Waals surface area contributed by atoms with Crippen LogP contribution in [0.2, 0.25) is 0 Å². The van der Waals surface area contributed by atoms with E-state index in [0.29, 0.717) is 11.4 Å². The third-order valence-electron chi connectivity index (χ3n) is 4.76. The number of anilines is 2. The number of carbonyl (C=O) groups is 3. The maximum absolute atomic E-state index is 12.8. The van der Waals surface area contributed by atoms with Crippen LogP contribution in [0.3, 0.4) is 0 Å². The second kappa shape index (κ2) is 10.4. The van der Waals surface area contributed by atoms with Gasteiger partial charge in [-0.05, 0) is 42.7 Å². The van der Waals surface area contributed by atoms with Crippen molar-refractivity contribution < 1.29 is 19.1 Å². The lowest BCUT2D eigenvalue weighted by Crippen LogP contribution is -2.33. The van der Waals surface area contributed by atoms with Crippen molar-refractivity contribution >= 4 is 29.2 Å². The number of nitrogens with one attached hydrogen (secondary N) is 2. The van der Waals surface area contributed by atoms with Crippen molar-refractivity contribution in [3.8, 4) is 0 Å². The van der Waals surface area contributed by atoms with Crippen molar-refractivity contribution in [2.24, 2.45) is 5.92 Å². The highest BCUT2D eigenvalue weighted by molar-refractivity contribution is 5.96. The summed E-state index contributed by atoms with van der Waals surface area (Å²) >= 11 is 0. The first-order valence-corrected chi connectivity index (χ1v) is 9.75. The van der Waals surface area contributed by atoms with Crippen LogP contribution >= 0.6 is 0 Å². The molecule has 2 aromatic carbocycles. The van der Waals surface area contributed by atoms with E-state index in [-0.39, 0.29) is 11.8 Å². The van der Waals surface area contributed by atoms with Gasteiger partial charge in [0.1, 0.15) is 0 Å². The number of amides is 2. The van der Waals surface area contributed by atoms with Gasteiger partial charge in [-0.25, -0.2) is 0 Å². The van der Waals surface area contributed by atoms with Gasteiger partial charge >= 0.3 is 5.97 Å². The first kappa shape index (κ1) is 22.1. The fourth-order valence-electron chi connectivity index (χ4n) is 2.98. The van der Waals surface area contributed by atoms with Gasteiger partial charge in [0, 0.05) is 18.3 Å². The van der Waals surface area contributed by atoms with Crippen molar-refractivity contribution in [3.63, 3.8) is 0 Å². The number of carbonyl (C=O) groups excluding carboxylic acids is 3. The molecule has 2 N–H and O–H groups in total. The molecule has 0 aromatic heterocycles. The highest BCUT2D eigenvalue weighted by Crippen LogP contribution is 2.28. The molecule has 2 rings (SSSR count). The second-order valence-corrected chi connectivity index (χ2v) is 7.10. The average molecular weight is 396 g/mol. The van der Waals surface area contributed by atoms with E-state index in [1.165, 1.54) is 6.92 Å². The van der Waals surface area contributed by atoms with Crippen molar-refractivity contribution in [1.29, 1.82) is 0 Å². The predicted molar refractivity (Wildman–Crippen MR) is 114 cm³/mol. The van der Waals surface area contributed by atoms with Crippen LogP contribution in [0.15, 0.2) is 54.6 Å². The average Bonchev–Trinajstić information content (AvgIpc) is 2.69. The first-order valence-electron chi connectivity index (χ1n) is 9.75. The van der Waals surface area contributed by atoms with Gasteiger partial charge in [-0.15, -0.1) is 0 Å². The van der Waals surface area contributed by atoms with Crippen molar-refractivity contribution in [2.45, 2.75) is 46.1 Å². The summed E-state index contributed by atoms with van der Waals surface area (Å²) in [5.41, 5.74) is 2.07. The molecule has 154 valence electrons. The summed E-state index contributed by atoms with van der Waals surface area (Å²) in [6, 6.07) is 16.2. The molecular formula is C23H28N2O4. The quantitative estimate of drug-likeness (QED) is 0.650. The summed E-state index contributed by atoms with van der Waals surface area (Å²) in [6.07, 6.45) is -0.122. The molecule has 0 aliphatic carbocycles. The Morgan fingerprint density at radius 3 is 1.97 bits per heavy atom. The Bertz CT molecular complexity index is 834. The molecule has 0 unspecified atom stereocenters. The fraction of sp³-hybridized carbons (Fsp3) is 0.348. The number of rotatable bonds is 8. The van der Waals surface area contributed by atoms with Crippen molar-refractivity contribution in [3.05, 3.63) is 60.2 Å². The summed E-state index contributed by atoms with van der Waals surface area (Å²) in [5.74, 6) is -1.33. The van der Waals surface area contributed by atoms with Gasteiger partial charge in [0.05, 0.1) is 5.92 Å². The Labute approximate surface area is 171 Å². The molecule has 0 saturated carbocycles. The molecule has 0 fully saturated rings. The van der Waals surface area contributed by atoms with E-state index >= 15 is 0 Å². The molecule has 2 amide bonds. The minimum atomic E-state index is -0.937. The monoisotopic (exact) mass is 396 g/mol. The third-order valence-corrected chi connectivity index (χ3v) is 4.76. The molecule has 0 radical (unpaired) electrons. The Balaban J connectivity index is 2.01. The van der Waals surface area contributed by atoms with Crippen LogP contribution in [0.5, 0.6) is 0 Å². The molecule has 0 saturated heterocycles. The topological polar surface area (TPSA) is 84.5 Å². The maximum atomic E-state index is 12.8. The molecule has 29 heavy (non-hydrogen) atoms. The van der Waals surface area contributed by atoms with Crippen LogP contribution in [0.4, 0.5) is 11.4 Å². The van der Waals surface area contributed by atoms with E-state index < -0.39 is 23.9 Å². The van der Waals surface area contributed by atoms with Gasteiger partial charge in [0.2, 0.25) is 5.91 Å². The van der Waals surface area contributed by atoms with Crippen molar-refractivity contribution in [1.82, 2.24) is 0 Å². The smallest absolute Gasteiger partial charge is 0.314 e. The van der Waals surface area contributed by atoms with Gasteiger partial charge in [-0.3, -0.25) is 14.4 Å². The minimum Gasteiger partial charge on any atom is -0.452 e. The van der Waals surface area contributed by atoms with Crippen LogP contribution < -0.4 is 10.6 Å². The van der Waals surface area contributed by atoms with E-state index in [1.807, 2.05) is 44.2 Å². The predicted octanol–water partition coefficient (Wildman–Crippen LogP) is 4.35. The maximum Gasteiger partial charge on any atom is 0.314 e. The van der Waals surface area contributed by atoms with Gasteiger partial charge in [-0.2, -0.15) is 0 Å². The summed E-state index contributed by atoms with van der Waals surface area (Å²) in [7, 11) is 0. The Hall–Kier alpha value is -3.15. The first-order chi connectivity index (χ1) is 13.8. The van der Waals surface area contributed by atoms with E-state index in [9.17, 15) is 14.4 Å². The van der Waals surface area contributed by atoms with E-state index in [0.717, 1.165) is 12.0 Å². The molecule has 0 aliphatic rings. The standard InChI is InChI=1S/C23H28N2O4/c1-5-15(2)21(18-9-7-6-8-10-18)23(28)29-16(3)22(27)25-20-13-11-19(12-14-20)24-17(4)26/h6-16,21H,5H2,1-4H3,(H,24,26)(H,25,27)/t15-,16+,21-/m1/s1. The van der Waals surface area contributed by atoms with E-state index in [2.05, 4.69) is 10.6 Å². The largest absolute Gasteiger partial charge is 0.452 e. The van der Waals surface area contributed by atoms with Crippen LogP contribution in [0.25, 0.3) is 0 Å². The Kier molecular flexibility index (Phi) is 7.95. The molecule has 6 nitrogen and oxygen atoms in total. The van der Waals surface area contributed by atoms with Gasteiger partial charge in [-0.1, -0.05) is 50.6 Å². The van der Waals surface area contributed by atoms with Gasteiger partial charge < -0.3 is 15.4 Å². The molecule has 0 heterocycles. The van der Waals surface area contributed by atoms with E-state index in [1.54, 1.807) is 31.2 Å². The second-order valence-electron chi connectivity index (χ2n) is 7.10. The molecule has 2 aromatic rings. The van der Waals surface area contributed by atoms with Crippen LogP contribution in [0, 0.1) is 5.92 Å². The third kappa shape index (κ3) is 6.45. The molecular weight excluding hydrogens is 368 g/mol. The summed E-state index contributed by atoms with van der Waals surface area (Å²) in [5, 5.41) is 5.38. The molecule has 6 heteroatoms. The zero-order valence-corrected chi connectivity index (χ0v) is 17.3.